The van der Waals surface area contributed by atoms with Gasteiger partial charge in [0.1, 0.15) is 0 Å². The molecule has 0 heterocycles. The van der Waals surface area contributed by atoms with E-state index in [1.807, 2.05) is 0 Å². The molecule has 0 bridgehead atoms. The molecule has 1 aromatic carbocycles. The fourth-order valence-electron chi connectivity index (χ4n) is 4.25. The van der Waals surface area contributed by atoms with Gasteiger partial charge in [0.15, 0.2) is 0 Å². The lowest BCUT2D eigenvalue weighted by Gasteiger charge is -2.16. The summed E-state index contributed by atoms with van der Waals surface area (Å²) < 4.78 is 0. The van der Waals surface area contributed by atoms with Crippen LogP contribution in [0.5, 0.6) is 0 Å². The van der Waals surface area contributed by atoms with Gasteiger partial charge in [0.25, 0.3) is 0 Å². The van der Waals surface area contributed by atoms with E-state index in [4.69, 9.17) is 0 Å². The molecule has 3 heteroatoms. The maximum atomic E-state index is 2.47. The highest BCUT2D eigenvalue weighted by Crippen LogP contribution is 2.41. The molecule has 0 spiro atoms. The fourth-order valence-corrected chi connectivity index (χ4v) is 8.13. The molecule has 34 heavy (non-hydrogen) atoms. The van der Waals surface area contributed by atoms with Crippen molar-refractivity contribution in [2.24, 2.45) is 0 Å². The van der Waals surface area contributed by atoms with Crippen LogP contribution < -0.4 is 0 Å². The van der Waals surface area contributed by atoms with Gasteiger partial charge < -0.3 is 0 Å². The van der Waals surface area contributed by atoms with Gasteiger partial charge in [-0.15, -0.1) is 35.3 Å². The van der Waals surface area contributed by atoms with Crippen molar-refractivity contribution >= 4 is 35.3 Å². The second-order valence-corrected chi connectivity index (χ2v) is 13.3. The SMILES string of the molecule is CCCCCCCCSc1cc(C)cc(SCCCCCCCC)c1SCCCCCCCC. The summed E-state index contributed by atoms with van der Waals surface area (Å²) in [5, 5.41) is 0. The van der Waals surface area contributed by atoms with Crippen molar-refractivity contribution in [1.29, 1.82) is 0 Å². The Kier molecular flexibility index (Phi) is 22.5. The molecule has 0 saturated carbocycles. The summed E-state index contributed by atoms with van der Waals surface area (Å²) in [6.45, 7) is 9.22. The Labute approximate surface area is 227 Å². The number of unbranched alkanes of at least 4 members (excludes halogenated alkanes) is 15. The minimum atomic E-state index is 1.28. The van der Waals surface area contributed by atoms with E-state index >= 15 is 0 Å². The Morgan fingerprint density at radius 3 is 1.15 bits per heavy atom. The topological polar surface area (TPSA) is 0 Å². The van der Waals surface area contributed by atoms with Gasteiger partial charge in [0.2, 0.25) is 0 Å². The van der Waals surface area contributed by atoms with Crippen molar-refractivity contribution in [3.05, 3.63) is 17.7 Å². The summed E-state index contributed by atoms with van der Waals surface area (Å²) in [5.74, 6) is 3.84. The zero-order chi connectivity index (χ0) is 24.7. The Morgan fingerprint density at radius 2 is 0.765 bits per heavy atom. The lowest BCUT2D eigenvalue weighted by molar-refractivity contribution is 0.626. The van der Waals surface area contributed by atoms with Gasteiger partial charge in [0, 0.05) is 14.7 Å². The van der Waals surface area contributed by atoms with Crippen LogP contribution in [0.15, 0.2) is 26.8 Å². The standard InChI is InChI=1S/C31H56S3/c1-5-8-11-14-17-20-23-32-29-26-28(4)27-30(33-24-21-18-15-12-9-6-2)31(29)34-25-22-19-16-13-10-7-3/h26-27H,5-25H2,1-4H3. The number of hydrogen-bond donors (Lipinski definition) is 0. The summed E-state index contributed by atoms with van der Waals surface area (Å²) in [6, 6.07) is 4.94. The van der Waals surface area contributed by atoms with Gasteiger partial charge >= 0.3 is 0 Å². The molecule has 0 amide bonds. The average Bonchev–Trinajstić information content (AvgIpc) is 2.83. The van der Waals surface area contributed by atoms with Gasteiger partial charge in [-0.3, -0.25) is 0 Å². The largest absolute Gasteiger partial charge is 0.125 e. The predicted octanol–water partition coefficient (Wildman–Crippen LogP) is 12.4. The Hall–Kier alpha value is 0.270. The number of thioether (sulfide) groups is 3. The third-order valence-electron chi connectivity index (χ3n) is 6.42. The Bertz CT molecular complexity index is 545. The van der Waals surface area contributed by atoms with Crippen molar-refractivity contribution in [3.8, 4) is 0 Å². The van der Waals surface area contributed by atoms with Gasteiger partial charge in [-0.05, 0) is 61.1 Å². The van der Waals surface area contributed by atoms with Crippen LogP contribution in [0.25, 0.3) is 0 Å². The number of aryl methyl sites for hydroxylation is 1. The molecule has 0 nitrogen and oxygen atoms in total. The fraction of sp³-hybridized carbons (Fsp3) is 0.806. The van der Waals surface area contributed by atoms with E-state index in [2.05, 4.69) is 75.1 Å². The van der Waals surface area contributed by atoms with E-state index in [1.165, 1.54) is 138 Å². The Morgan fingerprint density at radius 1 is 0.441 bits per heavy atom. The molecule has 1 aromatic rings. The zero-order valence-corrected chi connectivity index (χ0v) is 25.7. The molecule has 0 aliphatic heterocycles. The monoisotopic (exact) mass is 524 g/mol. The van der Waals surface area contributed by atoms with Crippen LogP contribution in [0, 0.1) is 6.92 Å². The van der Waals surface area contributed by atoms with Crippen LogP contribution in [-0.4, -0.2) is 17.3 Å². The van der Waals surface area contributed by atoms with Crippen LogP contribution in [0.2, 0.25) is 0 Å². The van der Waals surface area contributed by atoms with Crippen molar-refractivity contribution < 1.29 is 0 Å². The van der Waals surface area contributed by atoms with E-state index in [0.717, 1.165) is 0 Å². The molecule has 0 aliphatic rings. The van der Waals surface area contributed by atoms with Crippen LogP contribution >= 0.6 is 35.3 Å². The highest BCUT2D eigenvalue weighted by atomic mass is 32.2. The highest BCUT2D eigenvalue weighted by Gasteiger charge is 2.12. The van der Waals surface area contributed by atoms with Crippen molar-refractivity contribution in [2.75, 3.05) is 17.3 Å². The molecular formula is C31H56S3. The molecule has 0 atom stereocenters. The minimum absolute atomic E-state index is 1.28. The normalized spacial score (nSPS) is 11.4. The van der Waals surface area contributed by atoms with Crippen molar-refractivity contribution in [2.45, 2.75) is 158 Å². The van der Waals surface area contributed by atoms with E-state index in [0.29, 0.717) is 0 Å². The van der Waals surface area contributed by atoms with Gasteiger partial charge in [-0.1, -0.05) is 117 Å². The summed E-state index contributed by atoms with van der Waals surface area (Å²) >= 11 is 6.42. The molecule has 0 fully saturated rings. The van der Waals surface area contributed by atoms with Crippen molar-refractivity contribution in [3.63, 3.8) is 0 Å². The van der Waals surface area contributed by atoms with Crippen LogP contribution in [0.4, 0.5) is 0 Å². The summed E-state index contributed by atoms with van der Waals surface area (Å²) in [4.78, 5) is 4.73. The molecule has 0 unspecified atom stereocenters. The first-order chi connectivity index (χ1) is 16.7. The molecule has 0 aromatic heterocycles. The maximum absolute atomic E-state index is 2.47. The smallest absolute Gasteiger partial charge is 0.0344 e. The summed E-state index contributed by atoms with van der Waals surface area (Å²) in [7, 11) is 0. The third-order valence-corrected chi connectivity index (χ3v) is 10.2. The number of benzene rings is 1. The lowest BCUT2D eigenvalue weighted by atomic mass is 10.1. The average molecular weight is 525 g/mol. The molecule has 0 saturated heterocycles. The van der Waals surface area contributed by atoms with Crippen LogP contribution in [0.3, 0.4) is 0 Å². The third kappa shape index (κ3) is 16.9. The minimum Gasteiger partial charge on any atom is -0.125 e. The highest BCUT2D eigenvalue weighted by molar-refractivity contribution is 8.03. The van der Waals surface area contributed by atoms with Crippen LogP contribution in [-0.2, 0) is 0 Å². The molecule has 0 aliphatic carbocycles. The van der Waals surface area contributed by atoms with Gasteiger partial charge in [-0.2, -0.15) is 0 Å². The maximum Gasteiger partial charge on any atom is 0.0344 e. The summed E-state index contributed by atoms with van der Waals surface area (Å²) in [6.07, 6.45) is 25.1. The Balaban J connectivity index is 2.61. The van der Waals surface area contributed by atoms with Crippen molar-refractivity contribution in [1.82, 2.24) is 0 Å². The first-order valence-electron chi connectivity index (χ1n) is 14.8. The van der Waals surface area contributed by atoms with Gasteiger partial charge in [0.05, 0.1) is 0 Å². The molecule has 0 N–H and O–H groups in total. The second-order valence-electron chi connectivity index (χ2n) is 9.94. The molecule has 1 rings (SSSR count). The molecule has 198 valence electrons. The van der Waals surface area contributed by atoms with E-state index in [9.17, 15) is 0 Å². The first kappa shape index (κ1) is 32.3. The predicted molar refractivity (Wildman–Crippen MR) is 163 cm³/mol. The summed E-state index contributed by atoms with van der Waals surface area (Å²) in [5.41, 5.74) is 1.44. The van der Waals surface area contributed by atoms with E-state index in [1.54, 1.807) is 14.7 Å². The second kappa shape index (κ2) is 23.7. The molecular weight excluding hydrogens is 469 g/mol. The molecule has 0 radical (unpaired) electrons. The number of hydrogen-bond acceptors (Lipinski definition) is 3. The lowest BCUT2D eigenvalue weighted by Crippen LogP contribution is -1.92. The van der Waals surface area contributed by atoms with E-state index < -0.39 is 0 Å². The first-order valence-corrected chi connectivity index (χ1v) is 17.7. The van der Waals surface area contributed by atoms with Gasteiger partial charge in [-0.25, -0.2) is 0 Å². The van der Waals surface area contributed by atoms with E-state index in [-0.39, 0.29) is 0 Å². The number of rotatable bonds is 24. The van der Waals surface area contributed by atoms with Crippen LogP contribution in [0.1, 0.15) is 142 Å². The quantitative estimate of drug-likeness (QED) is 0.0974. The zero-order valence-electron chi connectivity index (χ0n) is 23.2.